The number of nitrogens with zero attached hydrogens (tertiary/aromatic N) is 1. The number of hydrogen-bond donors (Lipinski definition) is 1. The lowest BCUT2D eigenvalue weighted by atomic mass is 9.97. The minimum absolute atomic E-state index is 0.480. The molecule has 0 unspecified atom stereocenters. The summed E-state index contributed by atoms with van der Waals surface area (Å²) in [6.45, 7) is 0.480. The molecule has 0 aliphatic carbocycles. The summed E-state index contributed by atoms with van der Waals surface area (Å²) < 4.78 is 6.11. The average molecular weight is 407 g/mol. The average Bonchev–Trinajstić information content (AvgIpc) is 2.82. The number of para-hydroxylation sites is 1. The zero-order valence-electron chi connectivity index (χ0n) is 16.8. The Morgan fingerprint density at radius 1 is 0.839 bits per heavy atom. The van der Waals surface area contributed by atoms with Gasteiger partial charge >= 0.3 is 5.97 Å². The molecule has 0 radical (unpaired) electrons. The second kappa shape index (κ2) is 9.55. The number of pyridine rings is 1. The molecule has 0 saturated heterocycles. The van der Waals surface area contributed by atoms with Gasteiger partial charge in [-0.25, -0.2) is 4.79 Å². The van der Waals surface area contributed by atoms with Crippen LogP contribution in [-0.2, 0) is 11.4 Å². The molecule has 4 nitrogen and oxygen atoms in total. The molecule has 0 saturated carbocycles. The third-order valence-corrected chi connectivity index (χ3v) is 4.85. The van der Waals surface area contributed by atoms with E-state index in [-0.39, 0.29) is 0 Å². The van der Waals surface area contributed by atoms with Crippen molar-refractivity contribution in [2.75, 3.05) is 0 Å². The third kappa shape index (κ3) is 5.06. The van der Waals surface area contributed by atoms with Crippen molar-refractivity contribution in [1.29, 1.82) is 0 Å². The van der Waals surface area contributed by atoms with Crippen molar-refractivity contribution in [1.82, 2.24) is 4.98 Å². The molecule has 0 aliphatic rings. The standard InChI is InChI=1S/C27H21NO3/c29-27(30)15-14-21-10-4-5-11-24(21)22-16-23(18-28-17-22)25-12-6-7-13-26(25)31-19-20-8-2-1-3-9-20/h1-18H,19H2,(H,29,30). The minimum Gasteiger partial charge on any atom is -0.488 e. The van der Waals surface area contributed by atoms with Crippen LogP contribution in [0.1, 0.15) is 11.1 Å². The van der Waals surface area contributed by atoms with E-state index in [1.165, 1.54) is 0 Å². The molecule has 0 fully saturated rings. The smallest absolute Gasteiger partial charge is 0.328 e. The van der Waals surface area contributed by atoms with Crippen molar-refractivity contribution in [3.05, 3.63) is 115 Å². The van der Waals surface area contributed by atoms with Gasteiger partial charge in [0.15, 0.2) is 0 Å². The van der Waals surface area contributed by atoms with Crippen molar-refractivity contribution < 1.29 is 14.6 Å². The van der Waals surface area contributed by atoms with Crippen LogP contribution in [0.2, 0.25) is 0 Å². The molecule has 31 heavy (non-hydrogen) atoms. The molecular weight excluding hydrogens is 386 g/mol. The number of carboxylic acid groups (broad SMARTS) is 1. The van der Waals surface area contributed by atoms with Crippen LogP contribution in [-0.4, -0.2) is 16.1 Å². The Labute approximate surface area is 181 Å². The van der Waals surface area contributed by atoms with Crippen LogP contribution in [0.15, 0.2) is 103 Å². The molecule has 0 bridgehead atoms. The fraction of sp³-hybridized carbons (Fsp3) is 0.0370. The highest BCUT2D eigenvalue weighted by Gasteiger charge is 2.10. The quantitative estimate of drug-likeness (QED) is 0.377. The summed E-state index contributed by atoms with van der Waals surface area (Å²) >= 11 is 0. The van der Waals surface area contributed by atoms with E-state index >= 15 is 0 Å². The molecule has 4 aromatic rings. The lowest BCUT2D eigenvalue weighted by Gasteiger charge is -2.13. The van der Waals surface area contributed by atoms with Crippen molar-refractivity contribution in [2.45, 2.75) is 6.61 Å². The van der Waals surface area contributed by atoms with Gasteiger partial charge in [-0.1, -0.05) is 72.8 Å². The zero-order valence-corrected chi connectivity index (χ0v) is 16.8. The largest absolute Gasteiger partial charge is 0.488 e. The number of aliphatic carboxylic acids is 1. The molecule has 4 heteroatoms. The van der Waals surface area contributed by atoms with Crippen LogP contribution < -0.4 is 4.74 Å². The topological polar surface area (TPSA) is 59.4 Å². The maximum atomic E-state index is 10.9. The molecule has 1 N–H and O–H groups in total. The zero-order chi connectivity index (χ0) is 21.5. The highest BCUT2D eigenvalue weighted by molar-refractivity contribution is 5.88. The predicted octanol–water partition coefficient (Wildman–Crippen LogP) is 6.09. The Morgan fingerprint density at radius 2 is 1.48 bits per heavy atom. The van der Waals surface area contributed by atoms with Gasteiger partial charge in [-0.2, -0.15) is 0 Å². The molecular formula is C27H21NO3. The summed E-state index contributed by atoms with van der Waals surface area (Å²) in [5, 5.41) is 8.98. The van der Waals surface area contributed by atoms with E-state index < -0.39 is 5.97 Å². The first-order valence-electron chi connectivity index (χ1n) is 9.92. The van der Waals surface area contributed by atoms with Crippen LogP contribution in [0.3, 0.4) is 0 Å². The van der Waals surface area contributed by atoms with E-state index in [2.05, 4.69) is 4.98 Å². The van der Waals surface area contributed by atoms with Gasteiger partial charge < -0.3 is 9.84 Å². The van der Waals surface area contributed by atoms with Gasteiger partial charge in [0, 0.05) is 35.2 Å². The van der Waals surface area contributed by atoms with E-state index in [0.29, 0.717) is 6.61 Å². The fourth-order valence-electron chi connectivity index (χ4n) is 3.37. The number of rotatable bonds is 7. The van der Waals surface area contributed by atoms with E-state index in [4.69, 9.17) is 9.84 Å². The monoisotopic (exact) mass is 407 g/mol. The van der Waals surface area contributed by atoms with Gasteiger partial charge in [-0.15, -0.1) is 0 Å². The summed E-state index contributed by atoms with van der Waals surface area (Å²) in [4.78, 5) is 15.4. The Hall–Kier alpha value is -4.18. The van der Waals surface area contributed by atoms with Crippen LogP contribution in [0.25, 0.3) is 28.3 Å². The molecule has 0 aliphatic heterocycles. The van der Waals surface area contributed by atoms with Crippen molar-refractivity contribution in [2.24, 2.45) is 0 Å². The fourth-order valence-corrected chi connectivity index (χ4v) is 3.37. The van der Waals surface area contributed by atoms with Gasteiger partial charge in [0.2, 0.25) is 0 Å². The molecule has 0 amide bonds. The summed E-state index contributed by atoms with van der Waals surface area (Å²) in [6.07, 6.45) is 6.33. The van der Waals surface area contributed by atoms with Gasteiger partial charge in [-0.3, -0.25) is 4.98 Å². The van der Waals surface area contributed by atoms with Crippen molar-refractivity contribution in [3.63, 3.8) is 0 Å². The third-order valence-electron chi connectivity index (χ3n) is 4.85. The van der Waals surface area contributed by atoms with Gasteiger partial charge in [0.25, 0.3) is 0 Å². The number of benzene rings is 3. The second-order valence-corrected chi connectivity index (χ2v) is 6.99. The van der Waals surface area contributed by atoms with Crippen LogP contribution >= 0.6 is 0 Å². The van der Waals surface area contributed by atoms with Crippen molar-refractivity contribution >= 4 is 12.0 Å². The molecule has 1 aromatic heterocycles. The normalized spacial score (nSPS) is 10.8. The van der Waals surface area contributed by atoms with E-state index in [1.807, 2.05) is 91.1 Å². The molecule has 3 aromatic carbocycles. The summed E-state index contributed by atoms with van der Waals surface area (Å²) in [6, 6.07) is 27.6. The predicted molar refractivity (Wildman–Crippen MR) is 123 cm³/mol. The Morgan fingerprint density at radius 3 is 2.26 bits per heavy atom. The van der Waals surface area contributed by atoms with E-state index in [0.717, 1.165) is 45.2 Å². The van der Waals surface area contributed by atoms with Crippen LogP contribution in [0.5, 0.6) is 5.75 Å². The number of aromatic nitrogens is 1. The Balaban J connectivity index is 1.67. The minimum atomic E-state index is -0.980. The van der Waals surface area contributed by atoms with Gasteiger partial charge in [-0.05, 0) is 34.9 Å². The second-order valence-electron chi connectivity index (χ2n) is 6.99. The number of hydrogen-bond acceptors (Lipinski definition) is 3. The number of carboxylic acids is 1. The maximum Gasteiger partial charge on any atom is 0.328 e. The molecule has 1 heterocycles. The van der Waals surface area contributed by atoms with E-state index in [9.17, 15) is 4.79 Å². The lowest BCUT2D eigenvalue weighted by molar-refractivity contribution is -0.131. The lowest BCUT2D eigenvalue weighted by Crippen LogP contribution is -1.97. The summed E-state index contributed by atoms with van der Waals surface area (Å²) in [5.74, 6) is -0.199. The van der Waals surface area contributed by atoms with Gasteiger partial charge in [0.05, 0.1) is 0 Å². The molecule has 152 valence electrons. The van der Waals surface area contributed by atoms with Gasteiger partial charge in [0.1, 0.15) is 12.4 Å². The number of ether oxygens (including phenoxy) is 1. The maximum absolute atomic E-state index is 10.9. The highest BCUT2D eigenvalue weighted by atomic mass is 16.5. The molecule has 0 spiro atoms. The molecule has 0 atom stereocenters. The number of carbonyl (C=O) groups is 1. The van der Waals surface area contributed by atoms with E-state index in [1.54, 1.807) is 12.3 Å². The SMILES string of the molecule is O=C(O)C=Cc1ccccc1-c1cncc(-c2ccccc2OCc2ccccc2)c1. The first kappa shape index (κ1) is 20.1. The Bertz CT molecular complexity index is 1220. The highest BCUT2D eigenvalue weighted by Crippen LogP contribution is 2.33. The van der Waals surface area contributed by atoms with Crippen molar-refractivity contribution in [3.8, 4) is 28.0 Å². The summed E-state index contributed by atoms with van der Waals surface area (Å²) in [7, 11) is 0. The molecule has 4 rings (SSSR count). The summed E-state index contributed by atoms with van der Waals surface area (Å²) in [5.41, 5.74) is 5.61. The van der Waals surface area contributed by atoms with Crippen LogP contribution in [0, 0.1) is 0 Å². The first-order chi connectivity index (χ1) is 15.2. The Kier molecular flexibility index (Phi) is 6.19. The van der Waals surface area contributed by atoms with Crippen LogP contribution in [0.4, 0.5) is 0 Å². The first-order valence-corrected chi connectivity index (χ1v) is 9.92.